The van der Waals surface area contributed by atoms with E-state index in [9.17, 15) is 13.2 Å². The van der Waals surface area contributed by atoms with Gasteiger partial charge in [-0.3, -0.25) is 14.1 Å². The number of fused-ring (bicyclic) bond motifs is 1. The summed E-state index contributed by atoms with van der Waals surface area (Å²) >= 11 is 0. The molecule has 0 saturated carbocycles. The van der Waals surface area contributed by atoms with Gasteiger partial charge in [0.05, 0.1) is 24.0 Å². The first-order valence-corrected chi connectivity index (χ1v) is 10.4. The Morgan fingerprint density at radius 3 is 2.48 bits per heavy atom. The Morgan fingerprint density at radius 2 is 1.78 bits per heavy atom. The monoisotopic (exact) mass is 383 g/mol. The number of nitrogens with zero attached hydrogens (tertiary/aromatic N) is 2. The number of carbonyl (C=O) groups excluding carboxylic acids is 1. The van der Waals surface area contributed by atoms with Gasteiger partial charge in [-0.15, -0.1) is 0 Å². The molecule has 0 bridgehead atoms. The molecule has 0 aliphatic heterocycles. The molecule has 0 spiro atoms. The van der Waals surface area contributed by atoms with Crippen LogP contribution < -0.4 is 9.62 Å². The van der Waals surface area contributed by atoms with Crippen LogP contribution in [0.4, 0.5) is 5.69 Å². The number of carbonyl (C=O) groups is 1. The molecule has 1 aromatic heterocycles. The number of aromatic nitrogens is 1. The van der Waals surface area contributed by atoms with Crippen molar-refractivity contribution in [1.29, 1.82) is 0 Å². The van der Waals surface area contributed by atoms with E-state index < -0.39 is 10.0 Å². The maximum Gasteiger partial charge on any atom is 0.251 e. The van der Waals surface area contributed by atoms with Crippen LogP contribution in [0.3, 0.4) is 0 Å². The molecule has 0 unspecified atom stereocenters. The number of rotatable bonds is 6. The smallest absolute Gasteiger partial charge is 0.251 e. The molecule has 3 aromatic rings. The van der Waals surface area contributed by atoms with Crippen LogP contribution in [-0.2, 0) is 10.0 Å². The van der Waals surface area contributed by atoms with Crippen molar-refractivity contribution in [3.8, 4) is 0 Å². The van der Waals surface area contributed by atoms with Crippen LogP contribution in [-0.4, -0.2) is 38.7 Å². The Balaban J connectivity index is 1.78. The third kappa shape index (κ3) is 4.43. The van der Waals surface area contributed by atoms with Gasteiger partial charge in [0, 0.05) is 23.7 Å². The topological polar surface area (TPSA) is 79.4 Å². The molecule has 7 heteroatoms. The molecule has 6 nitrogen and oxygen atoms in total. The molecular formula is C20H21N3O3S. The van der Waals surface area contributed by atoms with Crippen molar-refractivity contribution >= 4 is 32.5 Å². The minimum absolute atomic E-state index is 0.117. The summed E-state index contributed by atoms with van der Waals surface area (Å²) in [4.78, 5) is 16.6. The molecule has 0 saturated heterocycles. The first kappa shape index (κ1) is 18.8. The number of amides is 1. The highest BCUT2D eigenvalue weighted by molar-refractivity contribution is 7.92. The molecule has 2 aromatic carbocycles. The average molecular weight is 383 g/mol. The van der Waals surface area contributed by atoms with Gasteiger partial charge < -0.3 is 5.32 Å². The number of pyridine rings is 1. The summed E-state index contributed by atoms with van der Waals surface area (Å²) in [6, 6.07) is 16.3. The van der Waals surface area contributed by atoms with Crippen LogP contribution in [0.15, 0.2) is 60.8 Å². The highest BCUT2D eigenvalue weighted by Crippen LogP contribution is 2.26. The molecular weight excluding hydrogens is 362 g/mol. The van der Waals surface area contributed by atoms with Gasteiger partial charge in [0.2, 0.25) is 10.0 Å². The number of hydrogen-bond acceptors (Lipinski definition) is 4. The van der Waals surface area contributed by atoms with E-state index in [0.717, 1.165) is 17.2 Å². The zero-order valence-corrected chi connectivity index (χ0v) is 16.0. The predicted octanol–water partition coefficient (Wildman–Crippen LogP) is 2.74. The summed E-state index contributed by atoms with van der Waals surface area (Å²) < 4.78 is 26.0. The molecule has 0 fully saturated rings. The van der Waals surface area contributed by atoms with E-state index >= 15 is 0 Å². The summed E-state index contributed by atoms with van der Waals surface area (Å²) in [5.74, 6) is -0.237. The molecule has 0 radical (unpaired) electrons. The SMILES string of the molecule is Cc1ccc(C(=O)NCCN(c2cccc3cccnc23)S(C)(=O)=O)cc1. The van der Waals surface area contributed by atoms with Crippen LogP contribution in [0.25, 0.3) is 10.9 Å². The quantitative estimate of drug-likeness (QED) is 0.710. The summed E-state index contributed by atoms with van der Waals surface area (Å²) in [6.07, 6.45) is 2.78. The molecule has 27 heavy (non-hydrogen) atoms. The van der Waals surface area contributed by atoms with E-state index in [1.807, 2.05) is 31.2 Å². The first-order valence-electron chi connectivity index (χ1n) is 8.52. The molecule has 1 N–H and O–H groups in total. The van der Waals surface area contributed by atoms with Crippen LogP contribution in [0.1, 0.15) is 15.9 Å². The number of hydrogen-bond donors (Lipinski definition) is 1. The zero-order chi connectivity index (χ0) is 19.4. The maximum atomic E-state index is 12.3. The number of nitrogens with one attached hydrogen (secondary N) is 1. The van der Waals surface area contributed by atoms with Crippen molar-refractivity contribution in [2.24, 2.45) is 0 Å². The minimum Gasteiger partial charge on any atom is -0.350 e. The number of para-hydroxylation sites is 1. The molecule has 140 valence electrons. The largest absolute Gasteiger partial charge is 0.350 e. The average Bonchev–Trinajstić information content (AvgIpc) is 2.64. The van der Waals surface area contributed by atoms with Gasteiger partial charge >= 0.3 is 0 Å². The third-order valence-corrected chi connectivity index (χ3v) is 5.37. The van der Waals surface area contributed by atoms with Crippen molar-refractivity contribution in [3.05, 3.63) is 71.9 Å². The lowest BCUT2D eigenvalue weighted by molar-refractivity contribution is 0.0955. The van der Waals surface area contributed by atoms with Gasteiger partial charge in [-0.05, 0) is 31.2 Å². The fourth-order valence-electron chi connectivity index (χ4n) is 2.83. The van der Waals surface area contributed by atoms with Crippen molar-refractivity contribution in [2.75, 3.05) is 23.7 Å². The normalized spacial score (nSPS) is 11.3. The van der Waals surface area contributed by atoms with Gasteiger partial charge in [-0.25, -0.2) is 8.42 Å². The van der Waals surface area contributed by atoms with Gasteiger partial charge in [-0.2, -0.15) is 0 Å². The Hall–Kier alpha value is -2.93. The Bertz CT molecular complexity index is 1060. The van der Waals surface area contributed by atoms with Crippen molar-refractivity contribution < 1.29 is 13.2 Å². The Labute approximate surface area is 158 Å². The van der Waals surface area contributed by atoms with Crippen molar-refractivity contribution in [2.45, 2.75) is 6.92 Å². The summed E-state index contributed by atoms with van der Waals surface area (Å²) in [7, 11) is -3.54. The lowest BCUT2D eigenvalue weighted by Gasteiger charge is -2.23. The number of sulfonamides is 1. The molecule has 0 aliphatic carbocycles. The molecule has 1 heterocycles. The van der Waals surface area contributed by atoms with E-state index in [4.69, 9.17) is 0 Å². The van der Waals surface area contributed by atoms with Crippen LogP contribution in [0.5, 0.6) is 0 Å². The Morgan fingerprint density at radius 1 is 1.07 bits per heavy atom. The second-order valence-electron chi connectivity index (χ2n) is 6.31. The standard InChI is InChI=1S/C20H21N3O3S/c1-15-8-10-17(11-9-15)20(24)22-13-14-23(27(2,25)26)18-7-3-5-16-6-4-12-21-19(16)18/h3-12H,13-14H2,1-2H3,(H,22,24). The Kier molecular flexibility index (Phi) is 5.41. The highest BCUT2D eigenvalue weighted by Gasteiger charge is 2.20. The minimum atomic E-state index is -3.54. The van der Waals surface area contributed by atoms with E-state index in [-0.39, 0.29) is 19.0 Å². The summed E-state index contributed by atoms with van der Waals surface area (Å²) in [5, 5.41) is 3.63. The molecule has 3 rings (SSSR count). The van der Waals surface area contributed by atoms with Crippen molar-refractivity contribution in [3.63, 3.8) is 0 Å². The van der Waals surface area contributed by atoms with Crippen LogP contribution in [0, 0.1) is 6.92 Å². The van der Waals surface area contributed by atoms with Gasteiger partial charge in [0.15, 0.2) is 0 Å². The first-order chi connectivity index (χ1) is 12.9. The predicted molar refractivity (Wildman–Crippen MR) is 107 cm³/mol. The number of anilines is 1. The fraction of sp³-hybridized carbons (Fsp3) is 0.200. The highest BCUT2D eigenvalue weighted by atomic mass is 32.2. The second-order valence-corrected chi connectivity index (χ2v) is 8.22. The number of benzene rings is 2. The third-order valence-electron chi connectivity index (χ3n) is 4.19. The summed E-state index contributed by atoms with van der Waals surface area (Å²) in [5.41, 5.74) is 2.71. The van der Waals surface area contributed by atoms with Gasteiger partial charge in [0.25, 0.3) is 5.91 Å². The van der Waals surface area contributed by atoms with E-state index in [1.54, 1.807) is 36.5 Å². The molecule has 1 amide bonds. The van der Waals surface area contributed by atoms with E-state index in [2.05, 4.69) is 10.3 Å². The lowest BCUT2D eigenvalue weighted by atomic mass is 10.1. The van der Waals surface area contributed by atoms with Gasteiger partial charge in [0.1, 0.15) is 0 Å². The lowest BCUT2D eigenvalue weighted by Crippen LogP contribution is -2.38. The molecule has 0 aliphatic rings. The van der Waals surface area contributed by atoms with E-state index in [1.165, 1.54) is 4.31 Å². The summed E-state index contributed by atoms with van der Waals surface area (Å²) in [6.45, 7) is 2.25. The number of aryl methyl sites for hydroxylation is 1. The zero-order valence-electron chi connectivity index (χ0n) is 15.2. The van der Waals surface area contributed by atoms with E-state index in [0.29, 0.717) is 16.8 Å². The van der Waals surface area contributed by atoms with Crippen LogP contribution >= 0.6 is 0 Å². The maximum absolute atomic E-state index is 12.3. The fourth-order valence-corrected chi connectivity index (χ4v) is 3.76. The van der Waals surface area contributed by atoms with Crippen LogP contribution in [0.2, 0.25) is 0 Å². The second kappa shape index (κ2) is 7.75. The van der Waals surface area contributed by atoms with Gasteiger partial charge in [-0.1, -0.05) is 35.9 Å². The molecule has 0 atom stereocenters. The van der Waals surface area contributed by atoms with Crippen molar-refractivity contribution in [1.82, 2.24) is 10.3 Å².